The molecular weight excluding hydrogens is 328 g/mol. The molecule has 1 aliphatic carbocycles. The SMILES string of the molecule is O=C(c1nc(-c2ccccc2)oc1C1CC1)N1CCOc2ccccc21. The second-order valence-corrected chi connectivity index (χ2v) is 6.65. The molecule has 1 aliphatic heterocycles. The molecule has 1 amide bonds. The average molecular weight is 346 g/mol. The van der Waals surface area contributed by atoms with Gasteiger partial charge in [-0.1, -0.05) is 30.3 Å². The fraction of sp³-hybridized carbons (Fsp3) is 0.238. The Morgan fingerprint density at radius 3 is 2.62 bits per heavy atom. The Morgan fingerprint density at radius 1 is 1.04 bits per heavy atom. The molecular formula is C21H18N2O3. The van der Waals surface area contributed by atoms with Crippen LogP contribution >= 0.6 is 0 Å². The van der Waals surface area contributed by atoms with Crippen LogP contribution in [0.25, 0.3) is 11.5 Å². The third-order valence-corrected chi connectivity index (χ3v) is 4.80. The number of oxazole rings is 1. The maximum absolute atomic E-state index is 13.3. The van der Waals surface area contributed by atoms with E-state index in [0.29, 0.717) is 30.7 Å². The maximum Gasteiger partial charge on any atom is 0.280 e. The van der Waals surface area contributed by atoms with Gasteiger partial charge in [0.1, 0.15) is 18.1 Å². The summed E-state index contributed by atoms with van der Waals surface area (Å²) in [6.45, 7) is 0.985. The number of nitrogens with zero attached hydrogens (tertiary/aromatic N) is 2. The van der Waals surface area contributed by atoms with Gasteiger partial charge in [-0.2, -0.15) is 0 Å². The minimum Gasteiger partial charge on any atom is -0.490 e. The maximum atomic E-state index is 13.3. The highest BCUT2D eigenvalue weighted by Gasteiger charge is 2.36. The summed E-state index contributed by atoms with van der Waals surface area (Å²) in [7, 11) is 0. The Labute approximate surface area is 151 Å². The first kappa shape index (κ1) is 15.2. The van der Waals surface area contributed by atoms with Crippen LogP contribution in [0.2, 0.25) is 0 Å². The Balaban J connectivity index is 1.56. The number of carbonyl (C=O) groups is 1. The van der Waals surface area contributed by atoms with E-state index in [4.69, 9.17) is 9.15 Å². The molecule has 0 radical (unpaired) electrons. The molecule has 0 unspecified atom stereocenters. The van der Waals surface area contributed by atoms with Gasteiger partial charge >= 0.3 is 0 Å². The lowest BCUT2D eigenvalue weighted by atomic mass is 10.2. The summed E-state index contributed by atoms with van der Waals surface area (Å²) in [6, 6.07) is 17.3. The van der Waals surface area contributed by atoms with Gasteiger partial charge in [0, 0.05) is 11.5 Å². The van der Waals surface area contributed by atoms with E-state index in [9.17, 15) is 4.79 Å². The van der Waals surface area contributed by atoms with Crippen molar-refractivity contribution >= 4 is 11.6 Å². The minimum absolute atomic E-state index is 0.117. The van der Waals surface area contributed by atoms with Crippen LogP contribution in [-0.4, -0.2) is 24.0 Å². The van der Waals surface area contributed by atoms with Crippen LogP contribution in [0.5, 0.6) is 5.75 Å². The number of rotatable bonds is 3. The van der Waals surface area contributed by atoms with Crippen LogP contribution in [0.15, 0.2) is 59.0 Å². The van der Waals surface area contributed by atoms with E-state index in [1.165, 1.54) is 0 Å². The molecule has 0 saturated heterocycles. The van der Waals surface area contributed by atoms with Gasteiger partial charge in [-0.15, -0.1) is 0 Å². The van der Waals surface area contributed by atoms with E-state index >= 15 is 0 Å². The van der Waals surface area contributed by atoms with Crippen LogP contribution in [0.1, 0.15) is 35.0 Å². The van der Waals surface area contributed by atoms with Crippen molar-refractivity contribution in [2.24, 2.45) is 0 Å². The van der Waals surface area contributed by atoms with Crippen molar-refractivity contribution in [3.05, 3.63) is 66.1 Å². The summed E-state index contributed by atoms with van der Waals surface area (Å²) in [6.07, 6.45) is 2.09. The topological polar surface area (TPSA) is 55.6 Å². The van der Waals surface area contributed by atoms with Gasteiger partial charge in [0.2, 0.25) is 5.89 Å². The molecule has 2 aliphatic rings. The van der Waals surface area contributed by atoms with Crippen LogP contribution < -0.4 is 9.64 Å². The largest absolute Gasteiger partial charge is 0.490 e. The number of aromatic nitrogens is 1. The zero-order valence-corrected chi connectivity index (χ0v) is 14.2. The first-order chi connectivity index (χ1) is 12.8. The average Bonchev–Trinajstić information content (AvgIpc) is 3.46. The fourth-order valence-corrected chi connectivity index (χ4v) is 3.32. The van der Waals surface area contributed by atoms with Crippen LogP contribution in [0, 0.1) is 0 Å². The van der Waals surface area contributed by atoms with Gasteiger partial charge in [0.15, 0.2) is 5.69 Å². The second kappa shape index (κ2) is 6.02. The Morgan fingerprint density at radius 2 is 1.81 bits per heavy atom. The van der Waals surface area contributed by atoms with Crippen molar-refractivity contribution in [2.75, 3.05) is 18.1 Å². The standard InChI is InChI=1S/C21H18N2O3/c24-21(23-12-13-25-17-9-5-4-8-16(17)23)18-19(14-10-11-14)26-20(22-18)15-6-2-1-3-7-15/h1-9,14H,10-13H2. The van der Waals surface area contributed by atoms with Gasteiger partial charge in [0.25, 0.3) is 5.91 Å². The predicted octanol–water partition coefficient (Wildman–Crippen LogP) is 4.26. The number of benzene rings is 2. The first-order valence-electron chi connectivity index (χ1n) is 8.91. The molecule has 0 bridgehead atoms. The highest BCUT2D eigenvalue weighted by molar-refractivity contribution is 6.07. The summed E-state index contributed by atoms with van der Waals surface area (Å²) < 4.78 is 11.7. The summed E-state index contributed by atoms with van der Waals surface area (Å²) >= 11 is 0. The molecule has 2 aromatic carbocycles. The fourth-order valence-electron chi connectivity index (χ4n) is 3.32. The van der Waals surface area contributed by atoms with Gasteiger partial charge in [-0.3, -0.25) is 9.69 Å². The third kappa shape index (κ3) is 2.56. The molecule has 1 fully saturated rings. The molecule has 3 aromatic rings. The molecule has 1 aromatic heterocycles. The summed E-state index contributed by atoms with van der Waals surface area (Å²) in [5.41, 5.74) is 2.11. The van der Waals surface area contributed by atoms with E-state index in [2.05, 4.69) is 4.98 Å². The first-order valence-corrected chi connectivity index (χ1v) is 8.91. The molecule has 2 heterocycles. The molecule has 0 atom stereocenters. The van der Waals surface area contributed by atoms with Gasteiger partial charge in [0.05, 0.1) is 12.2 Å². The smallest absolute Gasteiger partial charge is 0.280 e. The Kier molecular flexibility index (Phi) is 3.52. The highest BCUT2D eigenvalue weighted by atomic mass is 16.5. The quantitative estimate of drug-likeness (QED) is 0.711. The van der Waals surface area contributed by atoms with Crippen molar-refractivity contribution in [1.29, 1.82) is 0 Å². The monoisotopic (exact) mass is 346 g/mol. The highest BCUT2D eigenvalue weighted by Crippen LogP contribution is 2.44. The number of hydrogen-bond acceptors (Lipinski definition) is 4. The lowest BCUT2D eigenvalue weighted by Gasteiger charge is -2.29. The lowest BCUT2D eigenvalue weighted by molar-refractivity contribution is 0.0970. The molecule has 130 valence electrons. The van der Waals surface area contributed by atoms with Crippen LogP contribution in [0.3, 0.4) is 0 Å². The Bertz CT molecular complexity index is 960. The van der Waals surface area contributed by atoms with Crippen molar-refractivity contribution in [3.8, 4) is 17.2 Å². The number of para-hydroxylation sites is 2. The minimum atomic E-state index is -0.117. The molecule has 26 heavy (non-hydrogen) atoms. The van der Waals surface area contributed by atoms with Crippen LogP contribution in [-0.2, 0) is 0 Å². The van der Waals surface area contributed by atoms with E-state index in [1.54, 1.807) is 4.90 Å². The summed E-state index contributed by atoms with van der Waals surface area (Å²) in [5.74, 6) is 2.14. The van der Waals surface area contributed by atoms with Gasteiger partial charge in [-0.25, -0.2) is 4.98 Å². The molecule has 5 heteroatoms. The summed E-state index contributed by atoms with van der Waals surface area (Å²) in [4.78, 5) is 19.6. The molecule has 0 N–H and O–H groups in total. The number of amides is 1. The van der Waals surface area contributed by atoms with Crippen LogP contribution in [0.4, 0.5) is 5.69 Å². The lowest BCUT2D eigenvalue weighted by Crippen LogP contribution is -2.38. The molecule has 0 spiro atoms. The number of carbonyl (C=O) groups excluding carboxylic acids is 1. The molecule has 5 nitrogen and oxygen atoms in total. The van der Waals surface area contributed by atoms with Crippen molar-refractivity contribution in [1.82, 2.24) is 4.98 Å². The number of hydrogen-bond donors (Lipinski definition) is 0. The Hall–Kier alpha value is -3.08. The van der Waals surface area contributed by atoms with E-state index < -0.39 is 0 Å². The normalized spacial score (nSPS) is 16.1. The van der Waals surface area contributed by atoms with Gasteiger partial charge < -0.3 is 9.15 Å². The zero-order valence-electron chi connectivity index (χ0n) is 14.2. The second-order valence-electron chi connectivity index (χ2n) is 6.65. The van der Waals surface area contributed by atoms with Gasteiger partial charge in [-0.05, 0) is 37.1 Å². The van der Waals surface area contributed by atoms with E-state index in [1.807, 2.05) is 54.6 Å². The number of ether oxygens (including phenoxy) is 1. The molecule has 5 rings (SSSR count). The summed E-state index contributed by atoms with van der Waals surface area (Å²) in [5, 5.41) is 0. The molecule has 1 saturated carbocycles. The number of fused-ring (bicyclic) bond motifs is 1. The van der Waals surface area contributed by atoms with Crippen molar-refractivity contribution < 1.29 is 13.9 Å². The zero-order chi connectivity index (χ0) is 17.5. The number of anilines is 1. The third-order valence-electron chi connectivity index (χ3n) is 4.80. The van der Waals surface area contributed by atoms with E-state index in [0.717, 1.165) is 35.6 Å². The predicted molar refractivity (Wildman–Crippen MR) is 97.5 cm³/mol. The van der Waals surface area contributed by atoms with Crippen molar-refractivity contribution in [2.45, 2.75) is 18.8 Å². The van der Waals surface area contributed by atoms with E-state index in [-0.39, 0.29) is 5.91 Å². The van der Waals surface area contributed by atoms with Crippen molar-refractivity contribution in [3.63, 3.8) is 0 Å².